The van der Waals surface area contributed by atoms with Crippen LogP contribution < -0.4 is 15.5 Å². The number of para-hydroxylation sites is 1. The summed E-state index contributed by atoms with van der Waals surface area (Å²) in [5.74, 6) is 7.15. The smallest absolute Gasteiger partial charge is 0.169 e. The van der Waals surface area contributed by atoms with Crippen LogP contribution in [0.15, 0.2) is 48.7 Å². The van der Waals surface area contributed by atoms with Gasteiger partial charge in [-0.2, -0.15) is 0 Å². The van der Waals surface area contributed by atoms with Crippen molar-refractivity contribution in [3.8, 4) is 28.8 Å². The molecule has 9 heteroatoms. The molecule has 3 unspecified atom stereocenters. The Bertz CT molecular complexity index is 1370. The van der Waals surface area contributed by atoms with E-state index in [1.165, 1.54) is 0 Å². The largest absolute Gasteiger partial charge is 0.507 e. The minimum Gasteiger partial charge on any atom is -0.507 e. The molecule has 1 aromatic carbocycles. The Kier molecular flexibility index (Phi) is 7.22. The Hall–Kier alpha value is -3.87. The highest BCUT2D eigenvalue weighted by Gasteiger charge is 2.40. The van der Waals surface area contributed by atoms with Gasteiger partial charge in [0, 0.05) is 49.2 Å². The molecule has 0 saturated carbocycles. The first-order valence-electron chi connectivity index (χ1n) is 13.9. The van der Waals surface area contributed by atoms with Crippen molar-refractivity contribution >= 4 is 17.2 Å². The van der Waals surface area contributed by atoms with Gasteiger partial charge in [0.15, 0.2) is 5.82 Å². The molecule has 0 radical (unpaired) electrons. The average Bonchev–Trinajstić information content (AvgIpc) is 3.07. The number of benzene rings is 1. The monoisotopic (exact) mass is 525 g/mol. The van der Waals surface area contributed by atoms with Crippen LogP contribution in [0.2, 0.25) is 0 Å². The van der Waals surface area contributed by atoms with Gasteiger partial charge in [-0.05, 0) is 74.9 Å². The fraction of sp³-hybridized carbons (Fsp3) is 0.433. The number of nitrogens with two attached hydrogens (primary N) is 1. The van der Waals surface area contributed by atoms with Crippen LogP contribution in [0.1, 0.15) is 37.8 Å². The summed E-state index contributed by atoms with van der Waals surface area (Å²) in [7, 11) is 0. The molecule has 3 atom stereocenters. The molecule has 2 bridgehead atoms. The van der Waals surface area contributed by atoms with Gasteiger partial charge in [0.25, 0.3) is 0 Å². The molecule has 3 aliphatic heterocycles. The van der Waals surface area contributed by atoms with Crippen molar-refractivity contribution in [3.63, 3.8) is 0 Å². The predicted molar refractivity (Wildman–Crippen MR) is 152 cm³/mol. The van der Waals surface area contributed by atoms with Crippen LogP contribution in [0.4, 0.5) is 17.2 Å². The van der Waals surface area contributed by atoms with E-state index in [4.69, 9.17) is 5.73 Å². The first kappa shape index (κ1) is 25.4. The van der Waals surface area contributed by atoms with E-state index in [1.54, 1.807) is 12.1 Å². The number of aliphatic hydroxyl groups is 1. The summed E-state index contributed by atoms with van der Waals surface area (Å²) >= 11 is 0. The maximum Gasteiger partial charge on any atom is 0.169 e. The molecule has 6 rings (SSSR count). The number of nitrogens with zero attached hydrogens (tertiary/aromatic N) is 6. The summed E-state index contributed by atoms with van der Waals surface area (Å²) in [4.78, 5) is 11.7. The Balaban J connectivity index is 1.16. The van der Waals surface area contributed by atoms with E-state index in [1.807, 2.05) is 24.4 Å². The molecule has 0 aliphatic carbocycles. The van der Waals surface area contributed by atoms with Crippen LogP contribution >= 0.6 is 0 Å². The van der Waals surface area contributed by atoms with Gasteiger partial charge in [0.1, 0.15) is 11.4 Å². The van der Waals surface area contributed by atoms with Gasteiger partial charge < -0.3 is 25.7 Å². The zero-order valence-electron chi connectivity index (χ0n) is 22.1. The highest BCUT2D eigenvalue weighted by Crippen LogP contribution is 2.39. The molecular weight excluding hydrogens is 490 g/mol. The SMILES string of the molecule is Nc1nnc(-c2ccccc2O)cc1N1CC2CCC(C1)N2c1ccnc(C#CCN2CCCC(O)CC2)c1. The summed E-state index contributed by atoms with van der Waals surface area (Å²) in [5.41, 5.74) is 10.4. The van der Waals surface area contributed by atoms with Crippen molar-refractivity contribution < 1.29 is 10.2 Å². The van der Waals surface area contributed by atoms with E-state index in [2.05, 4.69) is 53.9 Å². The molecule has 5 heterocycles. The zero-order chi connectivity index (χ0) is 26.8. The molecule has 3 aliphatic rings. The van der Waals surface area contributed by atoms with Crippen molar-refractivity contribution in [2.45, 2.75) is 50.3 Å². The first-order chi connectivity index (χ1) is 19.0. The van der Waals surface area contributed by atoms with Crippen molar-refractivity contribution in [1.29, 1.82) is 0 Å². The molecule has 0 amide bonds. The second kappa shape index (κ2) is 11.1. The van der Waals surface area contributed by atoms with Crippen LogP contribution in [0.3, 0.4) is 0 Å². The van der Waals surface area contributed by atoms with Crippen LogP contribution in [0.5, 0.6) is 5.75 Å². The van der Waals surface area contributed by atoms with Crippen molar-refractivity contribution in [2.75, 3.05) is 48.3 Å². The maximum atomic E-state index is 10.3. The molecule has 2 aromatic heterocycles. The van der Waals surface area contributed by atoms with Crippen LogP contribution in [-0.4, -0.2) is 81.2 Å². The molecule has 3 fully saturated rings. The van der Waals surface area contributed by atoms with Gasteiger partial charge in [-0.15, -0.1) is 10.2 Å². The topological polar surface area (TPSA) is 115 Å². The Morgan fingerprint density at radius 2 is 1.79 bits per heavy atom. The van der Waals surface area contributed by atoms with E-state index in [9.17, 15) is 10.2 Å². The number of rotatable bonds is 4. The summed E-state index contributed by atoms with van der Waals surface area (Å²) in [6, 6.07) is 14.0. The summed E-state index contributed by atoms with van der Waals surface area (Å²) in [5, 5.41) is 28.7. The van der Waals surface area contributed by atoms with E-state index in [0.29, 0.717) is 35.7 Å². The van der Waals surface area contributed by atoms with Gasteiger partial charge >= 0.3 is 0 Å². The minimum atomic E-state index is -0.178. The van der Waals surface area contributed by atoms with Crippen molar-refractivity contribution in [3.05, 3.63) is 54.4 Å². The fourth-order valence-electron chi connectivity index (χ4n) is 6.17. The highest BCUT2D eigenvalue weighted by molar-refractivity contribution is 5.74. The van der Waals surface area contributed by atoms with Gasteiger partial charge in [-0.1, -0.05) is 18.1 Å². The third-order valence-corrected chi connectivity index (χ3v) is 8.16. The van der Waals surface area contributed by atoms with Gasteiger partial charge in [-0.25, -0.2) is 4.98 Å². The highest BCUT2D eigenvalue weighted by atomic mass is 16.3. The number of fused-ring (bicyclic) bond motifs is 2. The molecular formula is C30H35N7O2. The molecule has 9 nitrogen and oxygen atoms in total. The lowest BCUT2D eigenvalue weighted by atomic mass is 10.1. The van der Waals surface area contributed by atoms with Crippen LogP contribution in [0, 0.1) is 11.8 Å². The average molecular weight is 526 g/mol. The molecule has 0 spiro atoms. The number of aliphatic hydroxyl groups excluding tert-OH is 1. The number of hydrogen-bond acceptors (Lipinski definition) is 9. The van der Waals surface area contributed by atoms with Crippen LogP contribution in [0.25, 0.3) is 11.3 Å². The molecule has 202 valence electrons. The number of piperazine rings is 1. The second-order valence-corrected chi connectivity index (χ2v) is 10.8. The Morgan fingerprint density at radius 3 is 2.62 bits per heavy atom. The molecule has 3 saturated heterocycles. The number of aromatic hydroxyl groups is 1. The zero-order valence-corrected chi connectivity index (χ0v) is 22.1. The lowest BCUT2D eigenvalue weighted by Crippen LogP contribution is -2.54. The molecule has 4 N–H and O–H groups in total. The fourth-order valence-corrected chi connectivity index (χ4v) is 6.17. The number of pyridine rings is 1. The van der Waals surface area contributed by atoms with Crippen LogP contribution in [-0.2, 0) is 0 Å². The quantitative estimate of drug-likeness (QED) is 0.442. The van der Waals surface area contributed by atoms with Gasteiger partial charge in [0.05, 0.1) is 24.0 Å². The second-order valence-electron chi connectivity index (χ2n) is 10.8. The number of aromatic nitrogens is 3. The summed E-state index contributed by atoms with van der Waals surface area (Å²) in [6.45, 7) is 4.24. The predicted octanol–water partition coefficient (Wildman–Crippen LogP) is 2.88. The Labute approximate surface area is 229 Å². The van der Waals surface area contributed by atoms with Crippen molar-refractivity contribution in [2.24, 2.45) is 0 Å². The summed E-state index contributed by atoms with van der Waals surface area (Å²) < 4.78 is 0. The first-order valence-corrected chi connectivity index (χ1v) is 13.9. The normalized spacial score (nSPS) is 23.3. The number of phenolic OH excluding ortho intramolecular Hbond substituents is 1. The van der Waals surface area contributed by atoms with E-state index in [-0.39, 0.29) is 11.9 Å². The van der Waals surface area contributed by atoms with Gasteiger partial charge in [-0.3, -0.25) is 4.90 Å². The van der Waals surface area contributed by atoms with E-state index in [0.717, 1.165) is 75.4 Å². The summed E-state index contributed by atoms with van der Waals surface area (Å²) in [6.07, 6.45) is 6.61. The van der Waals surface area contributed by atoms with Crippen molar-refractivity contribution in [1.82, 2.24) is 20.1 Å². The van der Waals surface area contributed by atoms with E-state index < -0.39 is 0 Å². The molecule has 39 heavy (non-hydrogen) atoms. The molecule has 3 aromatic rings. The van der Waals surface area contributed by atoms with E-state index >= 15 is 0 Å². The lowest BCUT2D eigenvalue weighted by molar-refractivity contribution is 0.156. The third-order valence-electron chi connectivity index (χ3n) is 8.16. The Morgan fingerprint density at radius 1 is 0.974 bits per heavy atom. The minimum absolute atomic E-state index is 0.175. The number of likely N-dealkylation sites (tertiary alicyclic amines) is 1. The number of phenols is 1. The number of anilines is 3. The standard InChI is InChI=1S/C30H35N7O2/c31-30-28(18-27(33-34-30)26-7-1-2-8-29(26)39)36-19-23-9-10-24(20-36)37(23)22-11-13-32-21(17-22)5-3-14-35-15-4-6-25(38)12-16-35/h1-2,7-8,11,13,17-18,23-25,38-39H,4,6,9-10,12,14-16,19-20H2,(H2,31,34). The number of hydrogen-bond donors (Lipinski definition) is 3. The lowest BCUT2D eigenvalue weighted by Gasteiger charge is -2.43. The third kappa shape index (κ3) is 5.49. The number of nitrogen functional groups attached to an aromatic ring is 1. The maximum absolute atomic E-state index is 10.3. The van der Waals surface area contributed by atoms with Gasteiger partial charge in [0.2, 0.25) is 0 Å².